The second-order valence-corrected chi connectivity index (χ2v) is 9.44. The van der Waals surface area contributed by atoms with Crippen LogP contribution in [0.2, 0.25) is 0 Å². The largest absolute Gasteiger partial charge is 0.343 e. The van der Waals surface area contributed by atoms with Gasteiger partial charge in [-0.3, -0.25) is 0 Å². The van der Waals surface area contributed by atoms with Gasteiger partial charge in [0.15, 0.2) is 0 Å². The molecule has 0 saturated heterocycles. The van der Waals surface area contributed by atoms with Gasteiger partial charge in [0.25, 0.3) is 0 Å². The van der Waals surface area contributed by atoms with Crippen LogP contribution in [0.4, 0.5) is 0 Å². The van der Waals surface area contributed by atoms with Gasteiger partial charge in [0.2, 0.25) is 0 Å². The number of aromatic nitrogens is 1. The SMILES string of the molecule is Cn1c2ccc(-c3ccc4ccc5cccc6ccc3c4c56)cc2c2ccc3ccccc3c21. The van der Waals surface area contributed by atoms with Crippen molar-refractivity contribution in [1.82, 2.24) is 4.57 Å². The second kappa shape index (κ2) is 6.36. The molecule has 1 heteroatoms. The van der Waals surface area contributed by atoms with Gasteiger partial charge in [-0.05, 0) is 61.0 Å². The molecule has 0 fully saturated rings. The molecule has 0 aliphatic heterocycles. The van der Waals surface area contributed by atoms with Gasteiger partial charge in [0.05, 0.1) is 5.52 Å². The summed E-state index contributed by atoms with van der Waals surface area (Å²) >= 11 is 0. The lowest BCUT2D eigenvalue weighted by Crippen LogP contribution is -1.89. The highest BCUT2D eigenvalue weighted by atomic mass is 14.9. The molecule has 8 aromatic rings. The molecule has 8 rings (SSSR count). The minimum absolute atomic E-state index is 1.27. The molecule has 0 aliphatic rings. The lowest BCUT2D eigenvalue weighted by atomic mass is 9.89. The number of hydrogen-bond acceptors (Lipinski definition) is 0. The molecular weight excluding hydrogens is 410 g/mol. The van der Waals surface area contributed by atoms with Crippen molar-refractivity contribution in [1.29, 1.82) is 0 Å². The second-order valence-electron chi connectivity index (χ2n) is 9.44. The molecule has 0 aliphatic carbocycles. The zero-order chi connectivity index (χ0) is 22.4. The summed E-state index contributed by atoms with van der Waals surface area (Å²) in [6, 6.07) is 40.4. The molecule has 34 heavy (non-hydrogen) atoms. The summed E-state index contributed by atoms with van der Waals surface area (Å²) in [7, 11) is 2.19. The van der Waals surface area contributed by atoms with Crippen molar-refractivity contribution in [2.24, 2.45) is 7.05 Å². The normalized spacial score (nSPS) is 12.3. The molecular formula is C33H21N. The summed E-state index contributed by atoms with van der Waals surface area (Å²) in [6.07, 6.45) is 0. The van der Waals surface area contributed by atoms with Gasteiger partial charge in [-0.2, -0.15) is 0 Å². The van der Waals surface area contributed by atoms with E-state index in [2.05, 4.69) is 121 Å². The van der Waals surface area contributed by atoms with Gasteiger partial charge < -0.3 is 4.57 Å². The van der Waals surface area contributed by atoms with Gasteiger partial charge >= 0.3 is 0 Å². The first-order valence-corrected chi connectivity index (χ1v) is 11.8. The van der Waals surface area contributed by atoms with Crippen LogP contribution in [0.3, 0.4) is 0 Å². The third-order valence-electron chi connectivity index (χ3n) is 7.72. The molecule has 0 N–H and O–H groups in total. The standard InChI is InChI=1S/C33H21N/c1-34-30-18-14-24(19-29(30)28-17-11-20-5-2-3-8-26(20)33(28)34)25-15-12-23-10-9-21-6-4-7-22-13-16-27(25)32(23)31(21)22/h2-19H,1H3. The first kappa shape index (κ1) is 18.1. The molecule has 1 heterocycles. The Hall–Kier alpha value is -4.36. The van der Waals surface area contributed by atoms with Crippen molar-refractivity contribution >= 4 is 64.9 Å². The fourth-order valence-electron chi connectivity index (χ4n) is 6.15. The van der Waals surface area contributed by atoms with Gasteiger partial charge in [0, 0.05) is 28.7 Å². The van der Waals surface area contributed by atoms with Crippen LogP contribution in [0.1, 0.15) is 0 Å². The van der Waals surface area contributed by atoms with E-state index in [1.165, 1.54) is 76.0 Å². The van der Waals surface area contributed by atoms with E-state index in [-0.39, 0.29) is 0 Å². The van der Waals surface area contributed by atoms with E-state index in [9.17, 15) is 0 Å². The average Bonchev–Trinajstić information content (AvgIpc) is 3.19. The minimum Gasteiger partial charge on any atom is -0.343 e. The van der Waals surface area contributed by atoms with E-state index >= 15 is 0 Å². The number of benzene rings is 7. The van der Waals surface area contributed by atoms with Crippen LogP contribution in [-0.2, 0) is 7.05 Å². The molecule has 0 spiro atoms. The number of rotatable bonds is 1. The Bertz CT molecular complexity index is 2060. The van der Waals surface area contributed by atoms with Crippen molar-refractivity contribution in [3.8, 4) is 11.1 Å². The Labute approximate surface area is 196 Å². The summed E-state index contributed by atoms with van der Waals surface area (Å²) < 4.78 is 2.35. The summed E-state index contributed by atoms with van der Waals surface area (Å²) in [6.45, 7) is 0. The van der Waals surface area contributed by atoms with Crippen LogP contribution in [0.25, 0.3) is 76.0 Å². The first-order chi connectivity index (χ1) is 16.8. The van der Waals surface area contributed by atoms with Crippen LogP contribution in [-0.4, -0.2) is 4.57 Å². The monoisotopic (exact) mass is 431 g/mol. The maximum absolute atomic E-state index is 2.39. The third kappa shape index (κ3) is 2.24. The summed E-state index contributed by atoms with van der Waals surface area (Å²) in [4.78, 5) is 0. The van der Waals surface area contributed by atoms with Crippen LogP contribution < -0.4 is 0 Å². The smallest absolute Gasteiger partial charge is 0.0568 e. The number of fused-ring (bicyclic) bond motifs is 5. The van der Waals surface area contributed by atoms with Crippen molar-refractivity contribution in [3.63, 3.8) is 0 Å². The third-order valence-corrected chi connectivity index (χ3v) is 7.72. The van der Waals surface area contributed by atoms with Crippen LogP contribution in [0.15, 0.2) is 109 Å². The van der Waals surface area contributed by atoms with Gasteiger partial charge in [-0.25, -0.2) is 0 Å². The fraction of sp³-hybridized carbons (Fsp3) is 0.0303. The Morgan fingerprint density at radius 2 is 1.15 bits per heavy atom. The lowest BCUT2D eigenvalue weighted by Gasteiger charge is -2.14. The number of nitrogens with zero attached hydrogens (tertiary/aromatic N) is 1. The molecule has 158 valence electrons. The van der Waals surface area contributed by atoms with E-state index < -0.39 is 0 Å². The first-order valence-electron chi connectivity index (χ1n) is 11.8. The highest BCUT2D eigenvalue weighted by Gasteiger charge is 2.15. The van der Waals surface area contributed by atoms with Crippen molar-refractivity contribution < 1.29 is 0 Å². The zero-order valence-electron chi connectivity index (χ0n) is 18.8. The highest BCUT2D eigenvalue weighted by Crippen LogP contribution is 2.41. The lowest BCUT2D eigenvalue weighted by molar-refractivity contribution is 1.02. The molecule has 0 amide bonds. The summed E-state index contributed by atoms with van der Waals surface area (Å²) in [5, 5.41) is 13.2. The maximum Gasteiger partial charge on any atom is 0.0568 e. The topological polar surface area (TPSA) is 4.93 Å². The quantitative estimate of drug-likeness (QED) is 0.228. The van der Waals surface area contributed by atoms with Crippen molar-refractivity contribution in [3.05, 3.63) is 109 Å². The molecule has 1 nitrogen and oxygen atoms in total. The molecule has 0 unspecified atom stereocenters. The van der Waals surface area contributed by atoms with E-state index in [0.717, 1.165) is 0 Å². The summed E-state index contributed by atoms with van der Waals surface area (Å²) in [5.74, 6) is 0. The van der Waals surface area contributed by atoms with E-state index in [1.54, 1.807) is 0 Å². The van der Waals surface area contributed by atoms with Gasteiger partial charge in [-0.1, -0.05) is 97.1 Å². The average molecular weight is 432 g/mol. The Balaban J connectivity index is 1.47. The van der Waals surface area contributed by atoms with Crippen molar-refractivity contribution in [2.75, 3.05) is 0 Å². The van der Waals surface area contributed by atoms with E-state index in [4.69, 9.17) is 0 Å². The van der Waals surface area contributed by atoms with E-state index in [1.807, 2.05) is 0 Å². The van der Waals surface area contributed by atoms with Crippen molar-refractivity contribution in [2.45, 2.75) is 0 Å². The highest BCUT2D eigenvalue weighted by molar-refractivity contribution is 6.26. The molecule has 1 aromatic heterocycles. The van der Waals surface area contributed by atoms with Crippen LogP contribution in [0.5, 0.6) is 0 Å². The molecule has 0 radical (unpaired) electrons. The van der Waals surface area contributed by atoms with E-state index in [0.29, 0.717) is 0 Å². The minimum atomic E-state index is 1.27. The Kier molecular flexibility index (Phi) is 3.39. The molecule has 0 saturated carbocycles. The number of aryl methyl sites for hydroxylation is 1. The van der Waals surface area contributed by atoms with Gasteiger partial charge in [-0.15, -0.1) is 0 Å². The van der Waals surface area contributed by atoms with Crippen LogP contribution >= 0.6 is 0 Å². The van der Waals surface area contributed by atoms with Gasteiger partial charge in [0.1, 0.15) is 0 Å². The fourth-order valence-corrected chi connectivity index (χ4v) is 6.15. The summed E-state index contributed by atoms with van der Waals surface area (Å²) in [5.41, 5.74) is 5.14. The van der Waals surface area contributed by atoms with Crippen LogP contribution in [0, 0.1) is 0 Å². The maximum atomic E-state index is 2.39. The predicted molar refractivity (Wildman–Crippen MR) is 147 cm³/mol. The Morgan fingerprint density at radius 1 is 0.471 bits per heavy atom. The predicted octanol–water partition coefficient (Wildman–Crippen LogP) is 9.05. The number of hydrogen-bond donors (Lipinski definition) is 0. The molecule has 0 atom stereocenters. The Morgan fingerprint density at radius 3 is 2.03 bits per heavy atom. The molecule has 0 bridgehead atoms. The molecule has 7 aromatic carbocycles. The zero-order valence-corrected chi connectivity index (χ0v) is 18.8.